The van der Waals surface area contributed by atoms with Crippen LogP contribution < -0.4 is 10.2 Å². The van der Waals surface area contributed by atoms with E-state index in [1.54, 1.807) is 47.7 Å². The maximum atomic E-state index is 13.4. The summed E-state index contributed by atoms with van der Waals surface area (Å²) in [5, 5.41) is 5.56. The lowest BCUT2D eigenvalue weighted by molar-refractivity contribution is 0.0984. The highest BCUT2D eigenvalue weighted by molar-refractivity contribution is 7.10. The monoisotopic (exact) mass is 481 g/mol. The molecule has 5 nitrogen and oxygen atoms in total. The fourth-order valence-corrected chi connectivity index (χ4v) is 5.12. The van der Waals surface area contributed by atoms with Crippen molar-refractivity contribution in [3.8, 4) is 0 Å². The molecule has 4 aromatic rings. The van der Waals surface area contributed by atoms with Gasteiger partial charge in [0.05, 0.1) is 29.4 Å². The first-order valence-electron chi connectivity index (χ1n) is 9.88. The van der Waals surface area contributed by atoms with Crippen molar-refractivity contribution in [3.63, 3.8) is 0 Å². The van der Waals surface area contributed by atoms with Gasteiger partial charge in [-0.3, -0.25) is 9.59 Å². The largest absolute Gasteiger partial charge is 0.344 e. The third kappa shape index (κ3) is 3.93. The standard InChI is InChI=1S/C24H17Cl2N3O2S/c25-16-5-8-19(20(26)12-16)23(30)27-17-6-3-15(4-7-17)24(31)29-13-18-2-1-10-28(18)14-22-21(29)9-11-32-22/h1-12H,13-14H2,(H,27,30). The number of rotatable bonds is 3. The summed E-state index contributed by atoms with van der Waals surface area (Å²) >= 11 is 13.7. The normalized spacial score (nSPS) is 12.6. The fraction of sp³-hybridized carbons (Fsp3) is 0.0833. The zero-order valence-corrected chi connectivity index (χ0v) is 19.0. The Balaban J connectivity index is 1.36. The maximum Gasteiger partial charge on any atom is 0.258 e. The third-order valence-electron chi connectivity index (χ3n) is 5.38. The molecule has 2 aromatic carbocycles. The third-order valence-corrected chi connectivity index (χ3v) is 6.82. The SMILES string of the molecule is O=C(Nc1ccc(C(=O)N2Cc3cccn3Cc3sccc32)cc1)c1ccc(Cl)cc1Cl. The van der Waals surface area contributed by atoms with Crippen LogP contribution in [0.2, 0.25) is 10.0 Å². The zero-order chi connectivity index (χ0) is 22.2. The van der Waals surface area contributed by atoms with Gasteiger partial charge in [0.25, 0.3) is 11.8 Å². The highest BCUT2D eigenvalue weighted by atomic mass is 35.5. The lowest BCUT2D eigenvalue weighted by Gasteiger charge is -2.21. The average molecular weight is 482 g/mol. The minimum atomic E-state index is -0.345. The topological polar surface area (TPSA) is 54.3 Å². The van der Waals surface area contributed by atoms with E-state index < -0.39 is 0 Å². The van der Waals surface area contributed by atoms with Gasteiger partial charge in [-0.15, -0.1) is 11.3 Å². The quantitative estimate of drug-likeness (QED) is 0.372. The second-order valence-electron chi connectivity index (χ2n) is 7.40. The van der Waals surface area contributed by atoms with Gasteiger partial charge in [-0.25, -0.2) is 0 Å². The number of amides is 2. The van der Waals surface area contributed by atoms with E-state index in [0.29, 0.717) is 28.4 Å². The van der Waals surface area contributed by atoms with Gasteiger partial charge >= 0.3 is 0 Å². The molecular weight excluding hydrogens is 465 g/mol. The van der Waals surface area contributed by atoms with E-state index in [1.807, 2.05) is 34.7 Å². The summed E-state index contributed by atoms with van der Waals surface area (Å²) < 4.78 is 2.17. The molecule has 0 radical (unpaired) electrons. The van der Waals surface area contributed by atoms with E-state index in [2.05, 4.69) is 9.88 Å². The van der Waals surface area contributed by atoms with Crippen LogP contribution in [0.5, 0.6) is 0 Å². The number of nitrogens with zero attached hydrogens (tertiary/aromatic N) is 2. The van der Waals surface area contributed by atoms with Gasteiger partial charge < -0.3 is 14.8 Å². The first kappa shape index (κ1) is 20.8. The zero-order valence-electron chi connectivity index (χ0n) is 16.7. The summed E-state index contributed by atoms with van der Waals surface area (Å²) in [5.74, 6) is -0.431. The molecule has 1 aliphatic heterocycles. The van der Waals surface area contributed by atoms with Crippen molar-refractivity contribution >= 4 is 57.7 Å². The average Bonchev–Trinajstić information content (AvgIpc) is 3.39. The van der Waals surface area contributed by atoms with Crippen LogP contribution in [0.25, 0.3) is 0 Å². The molecule has 0 atom stereocenters. The highest BCUT2D eigenvalue weighted by Gasteiger charge is 2.25. The van der Waals surface area contributed by atoms with Crippen molar-refractivity contribution in [2.75, 3.05) is 10.2 Å². The van der Waals surface area contributed by atoms with Crippen LogP contribution in [0.1, 0.15) is 31.3 Å². The number of halogens is 2. The molecule has 32 heavy (non-hydrogen) atoms. The number of nitrogens with one attached hydrogen (secondary N) is 1. The molecule has 0 spiro atoms. The molecule has 5 rings (SSSR count). The Hall–Kier alpha value is -3.06. The Morgan fingerprint density at radius 3 is 2.56 bits per heavy atom. The van der Waals surface area contributed by atoms with Gasteiger partial charge in [0.15, 0.2) is 0 Å². The molecule has 160 valence electrons. The number of carbonyl (C=O) groups is 2. The van der Waals surface area contributed by atoms with Crippen molar-refractivity contribution in [3.05, 3.63) is 104 Å². The Morgan fingerprint density at radius 2 is 1.78 bits per heavy atom. The number of hydrogen-bond acceptors (Lipinski definition) is 3. The van der Waals surface area contributed by atoms with Crippen molar-refractivity contribution in [2.24, 2.45) is 0 Å². The van der Waals surface area contributed by atoms with Crippen LogP contribution in [0.3, 0.4) is 0 Å². The van der Waals surface area contributed by atoms with E-state index in [9.17, 15) is 9.59 Å². The Labute approximate surface area is 198 Å². The first-order valence-corrected chi connectivity index (χ1v) is 11.5. The minimum absolute atomic E-state index is 0.0853. The number of carbonyl (C=O) groups excluding carboxylic acids is 2. The summed E-state index contributed by atoms with van der Waals surface area (Å²) in [6, 6.07) is 17.6. The van der Waals surface area contributed by atoms with E-state index in [1.165, 1.54) is 6.07 Å². The highest BCUT2D eigenvalue weighted by Crippen LogP contribution is 2.33. The second kappa shape index (κ2) is 8.47. The number of thiophene rings is 1. The molecule has 3 heterocycles. The minimum Gasteiger partial charge on any atom is -0.344 e. The molecule has 1 aliphatic rings. The number of anilines is 2. The van der Waals surface area contributed by atoms with E-state index >= 15 is 0 Å². The van der Waals surface area contributed by atoms with Gasteiger partial charge in [-0.2, -0.15) is 0 Å². The predicted octanol–water partition coefficient (Wildman–Crippen LogP) is 6.32. The van der Waals surface area contributed by atoms with Gasteiger partial charge in [-0.05, 0) is 66.0 Å². The molecule has 2 amide bonds. The molecular formula is C24H17Cl2N3O2S. The first-order chi connectivity index (χ1) is 15.5. The van der Waals surface area contributed by atoms with Crippen LogP contribution >= 0.6 is 34.5 Å². The lowest BCUT2D eigenvalue weighted by Crippen LogP contribution is -2.30. The van der Waals surface area contributed by atoms with Crippen LogP contribution in [-0.4, -0.2) is 16.4 Å². The van der Waals surface area contributed by atoms with E-state index in [-0.39, 0.29) is 16.8 Å². The predicted molar refractivity (Wildman–Crippen MR) is 129 cm³/mol. The van der Waals surface area contributed by atoms with E-state index in [0.717, 1.165) is 22.8 Å². The molecule has 0 saturated heterocycles. The van der Waals surface area contributed by atoms with E-state index in [4.69, 9.17) is 23.2 Å². The molecule has 8 heteroatoms. The van der Waals surface area contributed by atoms with Gasteiger partial charge in [0.2, 0.25) is 0 Å². The Morgan fingerprint density at radius 1 is 0.969 bits per heavy atom. The second-order valence-corrected chi connectivity index (χ2v) is 9.25. The summed E-state index contributed by atoms with van der Waals surface area (Å²) in [6.07, 6.45) is 2.04. The molecule has 0 aliphatic carbocycles. The summed E-state index contributed by atoms with van der Waals surface area (Å²) in [7, 11) is 0. The number of benzene rings is 2. The van der Waals surface area contributed by atoms with Gasteiger partial charge in [-0.1, -0.05) is 23.2 Å². The molecule has 1 N–H and O–H groups in total. The summed E-state index contributed by atoms with van der Waals surface area (Å²) in [4.78, 5) is 28.9. The van der Waals surface area contributed by atoms with Crippen LogP contribution in [0.15, 0.2) is 72.2 Å². The molecule has 0 bridgehead atoms. The number of fused-ring (bicyclic) bond motifs is 2. The number of hydrogen-bond donors (Lipinski definition) is 1. The molecule has 0 unspecified atom stereocenters. The fourth-order valence-electron chi connectivity index (χ4n) is 3.75. The van der Waals surface area contributed by atoms with Crippen molar-refractivity contribution in [2.45, 2.75) is 13.1 Å². The molecule has 0 fully saturated rings. The van der Waals surface area contributed by atoms with Crippen molar-refractivity contribution < 1.29 is 9.59 Å². The van der Waals surface area contributed by atoms with Crippen LogP contribution in [-0.2, 0) is 13.1 Å². The van der Waals surface area contributed by atoms with Crippen LogP contribution in [0.4, 0.5) is 11.4 Å². The molecule has 0 saturated carbocycles. The maximum absolute atomic E-state index is 13.4. The smallest absolute Gasteiger partial charge is 0.258 e. The summed E-state index contributed by atoms with van der Waals surface area (Å²) in [5.41, 5.74) is 3.47. The molecule has 2 aromatic heterocycles. The van der Waals surface area contributed by atoms with Crippen LogP contribution in [0, 0.1) is 0 Å². The lowest BCUT2D eigenvalue weighted by atomic mass is 10.1. The van der Waals surface area contributed by atoms with Gasteiger partial charge in [0, 0.05) is 33.0 Å². The summed E-state index contributed by atoms with van der Waals surface area (Å²) in [6.45, 7) is 1.26. The Kier molecular flexibility index (Phi) is 5.51. The number of aromatic nitrogens is 1. The van der Waals surface area contributed by atoms with Crippen molar-refractivity contribution in [1.82, 2.24) is 4.57 Å². The van der Waals surface area contributed by atoms with Crippen molar-refractivity contribution in [1.29, 1.82) is 0 Å². The Bertz CT molecular complexity index is 1330. The van der Waals surface area contributed by atoms with Gasteiger partial charge in [0.1, 0.15) is 0 Å².